The van der Waals surface area contributed by atoms with Gasteiger partial charge in [-0.15, -0.1) is 0 Å². The third-order valence-corrected chi connectivity index (χ3v) is 4.64. The van der Waals surface area contributed by atoms with Crippen LogP contribution < -0.4 is 0 Å². The van der Waals surface area contributed by atoms with Crippen LogP contribution in [0.25, 0.3) is 0 Å². The van der Waals surface area contributed by atoms with Gasteiger partial charge in [-0.2, -0.15) is 5.10 Å². The SMILES string of the molecule is CO[C@H]1CCCN(Cc2cnn(C)c2)[C@H]1Cc1ccc(F)cc1. The molecule has 5 heteroatoms. The summed E-state index contributed by atoms with van der Waals surface area (Å²) in [6.07, 6.45) is 7.28. The summed E-state index contributed by atoms with van der Waals surface area (Å²) in [5.41, 5.74) is 2.37. The average Bonchev–Trinajstić information content (AvgIpc) is 2.96. The molecule has 0 radical (unpaired) electrons. The van der Waals surface area contributed by atoms with Crippen LogP contribution in [0.1, 0.15) is 24.0 Å². The zero-order valence-electron chi connectivity index (χ0n) is 13.8. The number of hydrogen-bond donors (Lipinski definition) is 0. The molecule has 23 heavy (non-hydrogen) atoms. The van der Waals surface area contributed by atoms with E-state index in [0.29, 0.717) is 6.04 Å². The molecule has 1 aromatic carbocycles. The van der Waals surface area contributed by atoms with E-state index < -0.39 is 0 Å². The van der Waals surface area contributed by atoms with Gasteiger partial charge in [0.25, 0.3) is 0 Å². The van der Waals surface area contributed by atoms with Crippen LogP contribution in [-0.4, -0.2) is 40.5 Å². The summed E-state index contributed by atoms with van der Waals surface area (Å²) in [5.74, 6) is -0.187. The Morgan fingerprint density at radius 2 is 2.04 bits per heavy atom. The van der Waals surface area contributed by atoms with Gasteiger partial charge in [-0.3, -0.25) is 9.58 Å². The Morgan fingerprint density at radius 3 is 2.70 bits per heavy atom. The lowest BCUT2D eigenvalue weighted by atomic mass is 9.92. The molecule has 1 aliphatic rings. The van der Waals surface area contributed by atoms with Gasteiger partial charge in [0.05, 0.1) is 12.3 Å². The van der Waals surface area contributed by atoms with E-state index in [1.807, 2.05) is 30.1 Å². The zero-order valence-corrected chi connectivity index (χ0v) is 13.8. The van der Waals surface area contributed by atoms with Crippen molar-refractivity contribution in [3.8, 4) is 0 Å². The van der Waals surface area contributed by atoms with E-state index >= 15 is 0 Å². The highest BCUT2D eigenvalue weighted by Crippen LogP contribution is 2.25. The topological polar surface area (TPSA) is 30.3 Å². The van der Waals surface area contributed by atoms with Gasteiger partial charge >= 0.3 is 0 Å². The maximum absolute atomic E-state index is 13.1. The normalized spacial score (nSPS) is 22.4. The van der Waals surface area contributed by atoms with Crippen molar-refractivity contribution < 1.29 is 9.13 Å². The van der Waals surface area contributed by atoms with Crippen LogP contribution in [0.15, 0.2) is 36.7 Å². The monoisotopic (exact) mass is 317 g/mol. The van der Waals surface area contributed by atoms with Crippen molar-refractivity contribution in [3.05, 3.63) is 53.6 Å². The van der Waals surface area contributed by atoms with Crippen molar-refractivity contribution in [2.24, 2.45) is 7.05 Å². The molecule has 0 N–H and O–H groups in total. The smallest absolute Gasteiger partial charge is 0.123 e. The Balaban J connectivity index is 1.76. The van der Waals surface area contributed by atoms with Crippen LogP contribution >= 0.6 is 0 Å². The van der Waals surface area contributed by atoms with Crippen LogP contribution in [0.3, 0.4) is 0 Å². The van der Waals surface area contributed by atoms with Crippen LogP contribution in [0.5, 0.6) is 0 Å². The summed E-state index contributed by atoms with van der Waals surface area (Å²) in [4.78, 5) is 2.47. The summed E-state index contributed by atoms with van der Waals surface area (Å²) in [7, 11) is 3.73. The van der Waals surface area contributed by atoms with Crippen molar-refractivity contribution in [2.45, 2.75) is 38.0 Å². The van der Waals surface area contributed by atoms with Gasteiger partial charge < -0.3 is 4.74 Å². The second-order valence-corrected chi connectivity index (χ2v) is 6.31. The molecule has 2 aromatic rings. The fraction of sp³-hybridized carbons (Fsp3) is 0.500. The van der Waals surface area contributed by atoms with Crippen molar-refractivity contribution in [2.75, 3.05) is 13.7 Å². The van der Waals surface area contributed by atoms with Gasteiger partial charge in [0.15, 0.2) is 0 Å². The molecular formula is C18H24FN3O. The first kappa shape index (κ1) is 16.1. The molecule has 1 fully saturated rings. The Hall–Kier alpha value is -1.72. The molecule has 1 saturated heterocycles. The number of halogens is 1. The van der Waals surface area contributed by atoms with E-state index in [1.165, 1.54) is 17.7 Å². The molecule has 0 bridgehead atoms. The van der Waals surface area contributed by atoms with Crippen molar-refractivity contribution in [1.82, 2.24) is 14.7 Å². The van der Waals surface area contributed by atoms with Gasteiger partial charge in [-0.05, 0) is 43.5 Å². The van der Waals surface area contributed by atoms with E-state index in [0.717, 1.165) is 37.9 Å². The highest BCUT2D eigenvalue weighted by molar-refractivity contribution is 5.18. The highest BCUT2D eigenvalue weighted by Gasteiger charge is 2.31. The molecular weight excluding hydrogens is 293 g/mol. The lowest BCUT2D eigenvalue weighted by molar-refractivity contribution is -0.0218. The van der Waals surface area contributed by atoms with Crippen molar-refractivity contribution in [1.29, 1.82) is 0 Å². The number of hydrogen-bond acceptors (Lipinski definition) is 3. The van der Waals surface area contributed by atoms with Crippen LogP contribution in [0.2, 0.25) is 0 Å². The fourth-order valence-electron chi connectivity index (χ4n) is 3.47. The predicted molar refractivity (Wildman–Crippen MR) is 87.5 cm³/mol. The number of piperidine rings is 1. The minimum absolute atomic E-state index is 0.187. The number of methoxy groups -OCH3 is 1. The van der Waals surface area contributed by atoms with Gasteiger partial charge in [0.2, 0.25) is 0 Å². The number of aryl methyl sites for hydroxylation is 1. The average molecular weight is 317 g/mol. The van der Waals surface area contributed by atoms with Crippen LogP contribution in [0.4, 0.5) is 4.39 Å². The molecule has 0 spiro atoms. The highest BCUT2D eigenvalue weighted by atomic mass is 19.1. The van der Waals surface area contributed by atoms with E-state index in [2.05, 4.69) is 16.2 Å². The summed E-state index contributed by atoms with van der Waals surface area (Å²) < 4.78 is 20.7. The molecule has 3 rings (SSSR count). The van der Waals surface area contributed by atoms with Crippen molar-refractivity contribution in [3.63, 3.8) is 0 Å². The molecule has 0 unspecified atom stereocenters. The second kappa shape index (κ2) is 7.23. The maximum Gasteiger partial charge on any atom is 0.123 e. The standard InChI is InChI=1S/C18H24FN3O/c1-21-12-15(11-20-21)13-22-9-3-4-18(23-2)17(22)10-14-5-7-16(19)8-6-14/h5-8,11-12,17-18H,3-4,9-10,13H2,1-2H3/t17-,18-/m0/s1. The van der Waals surface area contributed by atoms with Crippen molar-refractivity contribution >= 4 is 0 Å². The lowest BCUT2D eigenvalue weighted by Gasteiger charge is -2.40. The number of aromatic nitrogens is 2. The van der Waals surface area contributed by atoms with Gasteiger partial charge in [-0.1, -0.05) is 12.1 Å². The number of nitrogens with zero attached hydrogens (tertiary/aromatic N) is 3. The number of likely N-dealkylation sites (tertiary alicyclic amines) is 1. The molecule has 2 atom stereocenters. The maximum atomic E-state index is 13.1. The molecule has 1 aromatic heterocycles. The number of ether oxygens (including phenoxy) is 1. The third-order valence-electron chi connectivity index (χ3n) is 4.64. The van der Waals surface area contributed by atoms with Crippen LogP contribution in [-0.2, 0) is 24.8 Å². The third kappa shape index (κ3) is 3.98. The first-order chi connectivity index (χ1) is 11.2. The zero-order chi connectivity index (χ0) is 16.2. The largest absolute Gasteiger partial charge is 0.380 e. The van der Waals surface area contributed by atoms with Gasteiger partial charge in [0.1, 0.15) is 5.82 Å². The molecule has 4 nitrogen and oxygen atoms in total. The minimum atomic E-state index is -0.187. The molecule has 0 amide bonds. The quantitative estimate of drug-likeness (QED) is 0.849. The van der Waals surface area contributed by atoms with E-state index in [1.54, 1.807) is 7.11 Å². The first-order valence-corrected chi connectivity index (χ1v) is 8.14. The van der Waals surface area contributed by atoms with Gasteiger partial charge in [-0.25, -0.2) is 4.39 Å². The molecule has 0 saturated carbocycles. The Morgan fingerprint density at radius 1 is 1.26 bits per heavy atom. The van der Waals surface area contributed by atoms with Gasteiger partial charge in [0, 0.05) is 38.5 Å². The summed E-state index contributed by atoms with van der Waals surface area (Å²) in [6, 6.07) is 7.12. The number of benzene rings is 1. The predicted octanol–water partition coefficient (Wildman–Crippen LogP) is 2.78. The molecule has 124 valence electrons. The Labute approximate surface area is 136 Å². The molecule has 0 aliphatic carbocycles. The van der Waals surface area contributed by atoms with E-state index in [9.17, 15) is 4.39 Å². The summed E-state index contributed by atoms with van der Waals surface area (Å²) in [5, 5.41) is 4.26. The summed E-state index contributed by atoms with van der Waals surface area (Å²) in [6.45, 7) is 1.93. The number of rotatable bonds is 5. The minimum Gasteiger partial charge on any atom is -0.380 e. The van der Waals surface area contributed by atoms with E-state index in [-0.39, 0.29) is 11.9 Å². The first-order valence-electron chi connectivity index (χ1n) is 8.14. The second-order valence-electron chi connectivity index (χ2n) is 6.31. The molecule has 2 heterocycles. The van der Waals surface area contributed by atoms with Crippen LogP contribution in [0, 0.1) is 5.82 Å². The van der Waals surface area contributed by atoms with E-state index in [4.69, 9.17) is 4.74 Å². The summed E-state index contributed by atoms with van der Waals surface area (Å²) >= 11 is 0. The lowest BCUT2D eigenvalue weighted by Crippen LogP contribution is -2.49. The Kier molecular flexibility index (Phi) is 5.08. The molecule has 1 aliphatic heterocycles. The fourth-order valence-corrected chi connectivity index (χ4v) is 3.47. The Bertz CT molecular complexity index is 625.